The van der Waals surface area contributed by atoms with Crippen LogP contribution in [0.25, 0.3) is 0 Å². The lowest BCUT2D eigenvalue weighted by Crippen LogP contribution is -2.36. The van der Waals surface area contributed by atoms with Crippen molar-refractivity contribution in [1.82, 2.24) is 9.55 Å². The van der Waals surface area contributed by atoms with Gasteiger partial charge in [0.2, 0.25) is 0 Å². The molecule has 17 heavy (non-hydrogen) atoms. The smallest absolute Gasteiger partial charge is 0.351 e. The van der Waals surface area contributed by atoms with E-state index in [1.807, 2.05) is 0 Å². The first-order valence-electron chi connectivity index (χ1n) is 6.56. The number of ether oxygens (including phenoxy) is 1. The van der Waals surface area contributed by atoms with Gasteiger partial charge in [-0.05, 0) is 6.07 Å². The Bertz CT molecular complexity index is 614. The number of hydrogen-bond donors (Lipinski definition) is 4. The fourth-order valence-corrected chi connectivity index (χ4v) is 1.41. The molecule has 4 atom stereocenters. The van der Waals surface area contributed by atoms with Crippen molar-refractivity contribution >= 4 is 5.82 Å². The molecule has 2 rings (SSSR count). The summed E-state index contributed by atoms with van der Waals surface area (Å²) in [6.07, 6.45) is -9.64. The van der Waals surface area contributed by atoms with E-state index >= 15 is 0 Å². The van der Waals surface area contributed by atoms with Gasteiger partial charge in [0.25, 0.3) is 0 Å². The Morgan fingerprint density at radius 1 is 1.65 bits per heavy atom. The minimum absolute atomic E-state index is 0.141. The molecule has 0 aliphatic carbocycles. The number of hydrogen-bond acceptors (Lipinski definition) is 7. The van der Waals surface area contributed by atoms with Crippen molar-refractivity contribution in [3.05, 3.63) is 22.7 Å². The van der Waals surface area contributed by atoms with Crippen LogP contribution >= 0.6 is 0 Å². The average molecular weight is 247 g/mol. The van der Waals surface area contributed by atoms with Gasteiger partial charge in [-0.25, -0.2) is 4.79 Å². The highest BCUT2D eigenvalue weighted by Gasteiger charge is 2.43. The van der Waals surface area contributed by atoms with Gasteiger partial charge in [0.15, 0.2) is 6.23 Å². The third-order valence-corrected chi connectivity index (χ3v) is 2.23. The summed E-state index contributed by atoms with van der Waals surface area (Å²) in [5.74, 6) is -0.141. The van der Waals surface area contributed by atoms with E-state index in [2.05, 4.69) is 4.98 Å². The SMILES string of the molecule is [2H]C([2H])(O)[C@H]1O[C@@H](n2ccc(N)nc2=O)[C@]([2H])(O)[C@]1([2H])O. The number of nitrogens with two attached hydrogens (primary N) is 1. The van der Waals surface area contributed by atoms with Crippen LogP contribution in [0, 0.1) is 0 Å². The maximum absolute atomic E-state index is 11.7. The van der Waals surface area contributed by atoms with Crippen LogP contribution in [0.15, 0.2) is 17.1 Å². The minimum Gasteiger partial charge on any atom is -0.394 e. The standard InChI is InChI=1S/C9H13N3O5/c10-5-1-2-12(9(16)11-5)8-7(15)6(14)4(3-13)17-8/h1-2,4,6-8,13-15H,3H2,(H2,10,11,16)/t4-,6-,7-,8-/m1/s1/i3D2,6D,7D. The molecular weight excluding hydrogens is 230 g/mol. The Hall–Kier alpha value is -1.48. The zero-order chi connectivity index (χ0) is 16.2. The second-order valence-corrected chi connectivity index (χ2v) is 3.31. The number of aliphatic hydroxyl groups is 3. The normalized spacial score (nSPS) is 45.8. The molecule has 0 bridgehead atoms. The van der Waals surface area contributed by atoms with Crippen LogP contribution in [0.4, 0.5) is 5.82 Å². The highest BCUT2D eigenvalue weighted by molar-refractivity contribution is 5.23. The highest BCUT2D eigenvalue weighted by Crippen LogP contribution is 2.27. The van der Waals surface area contributed by atoms with Crippen LogP contribution in [0.3, 0.4) is 0 Å². The number of nitrogens with zero attached hydrogens (tertiary/aromatic N) is 2. The molecule has 2 heterocycles. The van der Waals surface area contributed by atoms with Gasteiger partial charge in [0.1, 0.15) is 24.1 Å². The second kappa shape index (κ2) is 4.41. The Kier molecular flexibility index (Phi) is 2.02. The fourth-order valence-electron chi connectivity index (χ4n) is 1.41. The average Bonchev–Trinajstić information content (AvgIpc) is 2.47. The van der Waals surface area contributed by atoms with E-state index in [9.17, 15) is 20.1 Å². The zero-order valence-corrected chi connectivity index (χ0v) is 8.44. The Morgan fingerprint density at radius 3 is 2.88 bits per heavy atom. The number of nitrogen functional groups attached to an aromatic ring is 1. The van der Waals surface area contributed by atoms with Crippen molar-refractivity contribution in [1.29, 1.82) is 0 Å². The van der Waals surface area contributed by atoms with Gasteiger partial charge in [-0.1, -0.05) is 0 Å². The molecule has 1 aromatic rings. The van der Waals surface area contributed by atoms with E-state index in [4.69, 9.17) is 16.0 Å². The molecule has 0 radical (unpaired) electrons. The summed E-state index contributed by atoms with van der Waals surface area (Å²) in [6.45, 7) is -3.23. The van der Waals surface area contributed by atoms with Crippen molar-refractivity contribution in [2.45, 2.75) is 24.5 Å². The van der Waals surface area contributed by atoms with E-state index in [0.29, 0.717) is 4.57 Å². The van der Waals surface area contributed by atoms with Gasteiger partial charge in [-0.15, -0.1) is 0 Å². The van der Waals surface area contributed by atoms with E-state index in [-0.39, 0.29) is 5.82 Å². The topological polar surface area (TPSA) is 131 Å². The molecule has 1 aliphatic rings. The summed E-state index contributed by atoms with van der Waals surface area (Å²) in [5.41, 5.74) is 4.24. The summed E-state index contributed by atoms with van der Waals surface area (Å²) in [6, 6.07) is 1.14. The Morgan fingerprint density at radius 2 is 2.35 bits per heavy atom. The molecular formula is C9H13N3O5. The monoisotopic (exact) mass is 247 g/mol. The lowest BCUT2D eigenvalue weighted by atomic mass is 10.1. The summed E-state index contributed by atoms with van der Waals surface area (Å²) in [5, 5.41) is 29.1. The molecule has 1 saturated heterocycles. The summed E-state index contributed by atoms with van der Waals surface area (Å²) in [7, 11) is 0. The Balaban J connectivity index is 2.54. The molecule has 0 saturated carbocycles. The first kappa shape index (κ1) is 7.77. The first-order valence-corrected chi connectivity index (χ1v) is 4.56. The van der Waals surface area contributed by atoms with Gasteiger partial charge >= 0.3 is 5.69 Å². The molecule has 0 amide bonds. The van der Waals surface area contributed by atoms with Gasteiger partial charge < -0.3 is 25.8 Å². The van der Waals surface area contributed by atoms with Crippen LogP contribution in [-0.4, -0.2) is 49.7 Å². The van der Waals surface area contributed by atoms with Gasteiger partial charge in [0, 0.05) is 6.20 Å². The van der Waals surface area contributed by atoms with Crippen molar-refractivity contribution in [2.24, 2.45) is 0 Å². The minimum atomic E-state index is -3.24. The molecule has 0 spiro atoms. The fraction of sp³-hybridized carbons (Fsp3) is 0.556. The number of aromatic nitrogens is 2. The van der Waals surface area contributed by atoms with Crippen molar-refractivity contribution < 1.29 is 25.5 Å². The third kappa shape index (κ3) is 2.03. The highest BCUT2D eigenvalue weighted by atomic mass is 16.6. The van der Waals surface area contributed by atoms with E-state index < -0.39 is 36.7 Å². The summed E-state index contributed by atoms with van der Waals surface area (Å²) in [4.78, 5) is 15.0. The third-order valence-electron chi connectivity index (χ3n) is 2.23. The molecule has 0 aromatic carbocycles. The van der Waals surface area contributed by atoms with Crippen LogP contribution in [0.5, 0.6) is 0 Å². The Labute approximate surface area is 102 Å². The largest absolute Gasteiger partial charge is 0.394 e. The number of rotatable bonds is 2. The molecule has 1 aromatic heterocycles. The second-order valence-electron chi connectivity index (χ2n) is 3.31. The lowest BCUT2D eigenvalue weighted by Gasteiger charge is -2.16. The van der Waals surface area contributed by atoms with Crippen molar-refractivity contribution in [3.8, 4) is 0 Å². The molecule has 8 heteroatoms. The van der Waals surface area contributed by atoms with Gasteiger partial charge in [-0.2, -0.15) is 4.98 Å². The van der Waals surface area contributed by atoms with Crippen LogP contribution in [-0.2, 0) is 4.74 Å². The predicted octanol–water partition coefficient (Wildman–Crippen LogP) is -2.56. The predicted molar refractivity (Wildman–Crippen MR) is 55.9 cm³/mol. The van der Waals surface area contributed by atoms with E-state index in [0.717, 1.165) is 12.3 Å². The number of anilines is 1. The summed E-state index contributed by atoms with van der Waals surface area (Å²) >= 11 is 0. The molecule has 1 fully saturated rings. The molecule has 5 N–H and O–H groups in total. The van der Waals surface area contributed by atoms with E-state index in [1.54, 1.807) is 0 Å². The van der Waals surface area contributed by atoms with E-state index in [1.165, 1.54) is 0 Å². The molecule has 0 unspecified atom stereocenters. The maximum Gasteiger partial charge on any atom is 0.351 e. The summed E-state index contributed by atoms with van der Waals surface area (Å²) < 4.78 is 34.8. The van der Waals surface area contributed by atoms with Gasteiger partial charge in [-0.3, -0.25) is 4.57 Å². The van der Waals surface area contributed by atoms with Crippen LogP contribution in [0.2, 0.25) is 0 Å². The first-order chi connectivity index (χ1) is 9.39. The van der Waals surface area contributed by atoms with Crippen LogP contribution in [0.1, 0.15) is 11.7 Å². The quantitative estimate of drug-likeness (QED) is 0.452. The maximum atomic E-state index is 11.7. The van der Waals surface area contributed by atoms with Crippen LogP contribution < -0.4 is 11.4 Å². The molecule has 8 nitrogen and oxygen atoms in total. The lowest BCUT2D eigenvalue weighted by molar-refractivity contribution is -0.0549. The molecule has 94 valence electrons. The zero-order valence-electron chi connectivity index (χ0n) is 12.4. The molecule has 1 aliphatic heterocycles. The van der Waals surface area contributed by atoms with Crippen molar-refractivity contribution in [3.63, 3.8) is 0 Å². The van der Waals surface area contributed by atoms with Crippen molar-refractivity contribution in [2.75, 3.05) is 12.3 Å². The van der Waals surface area contributed by atoms with Gasteiger partial charge in [0.05, 0.1) is 12.0 Å².